The van der Waals surface area contributed by atoms with Crippen molar-refractivity contribution in [1.29, 1.82) is 0 Å². The first-order chi connectivity index (χ1) is 10.4. The van der Waals surface area contributed by atoms with Gasteiger partial charge in [-0.1, -0.05) is 55.5 Å². The third kappa shape index (κ3) is 3.54. The van der Waals surface area contributed by atoms with Crippen LogP contribution >= 0.6 is 0 Å². The van der Waals surface area contributed by atoms with Gasteiger partial charge in [0.1, 0.15) is 0 Å². The summed E-state index contributed by atoms with van der Waals surface area (Å²) < 4.78 is 0. The molecule has 1 unspecified atom stereocenters. The highest BCUT2D eigenvalue weighted by atomic mass is 14.9. The molecule has 0 aromatic heterocycles. The third-order valence-corrected chi connectivity index (χ3v) is 4.51. The van der Waals surface area contributed by atoms with Crippen LogP contribution in [0.4, 0.5) is 0 Å². The van der Waals surface area contributed by atoms with E-state index in [0.29, 0.717) is 6.04 Å². The number of hydrogen-bond acceptors (Lipinski definition) is 1. The van der Waals surface area contributed by atoms with Crippen molar-refractivity contribution in [1.82, 2.24) is 5.32 Å². The van der Waals surface area contributed by atoms with Crippen molar-refractivity contribution in [2.45, 2.75) is 45.1 Å². The molecule has 2 aromatic rings. The summed E-state index contributed by atoms with van der Waals surface area (Å²) in [6.45, 7) is 3.20. The smallest absolute Gasteiger partial charge is 0.0360 e. The lowest BCUT2D eigenvalue weighted by Gasteiger charge is -2.22. The third-order valence-electron chi connectivity index (χ3n) is 4.51. The Hall–Kier alpha value is -1.60. The molecule has 0 fully saturated rings. The van der Waals surface area contributed by atoms with Crippen LogP contribution in [0.5, 0.6) is 0 Å². The summed E-state index contributed by atoms with van der Waals surface area (Å²) in [6.07, 6.45) is 6.29. The Morgan fingerprint density at radius 1 is 0.952 bits per heavy atom. The second kappa shape index (κ2) is 6.91. The molecule has 0 spiro atoms. The normalized spacial score (nSPS) is 15.5. The lowest BCUT2D eigenvalue weighted by molar-refractivity contribution is 0.548. The van der Waals surface area contributed by atoms with Crippen LogP contribution in [0.2, 0.25) is 0 Å². The maximum absolute atomic E-state index is 3.65. The number of hydrogen-bond donors (Lipinski definition) is 1. The zero-order valence-corrected chi connectivity index (χ0v) is 12.9. The van der Waals surface area contributed by atoms with Crippen LogP contribution in [0, 0.1) is 0 Å². The molecule has 1 nitrogen and oxygen atoms in total. The first kappa shape index (κ1) is 14.3. The van der Waals surface area contributed by atoms with E-state index in [9.17, 15) is 0 Å². The first-order valence-electron chi connectivity index (χ1n) is 8.26. The van der Waals surface area contributed by atoms with Crippen molar-refractivity contribution in [2.24, 2.45) is 0 Å². The topological polar surface area (TPSA) is 12.0 Å². The molecular weight excluding hydrogens is 254 g/mol. The highest BCUT2D eigenvalue weighted by molar-refractivity contribution is 5.36. The van der Waals surface area contributed by atoms with Crippen LogP contribution in [-0.4, -0.2) is 6.54 Å². The SMILES string of the molecule is CCNC(Cc1ccccc1)c1ccc2c(c1)CCCC2. The second-order valence-corrected chi connectivity index (χ2v) is 6.04. The Morgan fingerprint density at radius 3 is 2.48 bits per heavy atom. The predicted molar refractivity (Wildman–Crippen MR) is 89.6 cm³/mol. The monoisotopic (exact) mass is 279 g/mol. The molecule has 0 amide bonds. The van der Waals surface area contributed by atoms with E-state index in [1.807, 2.05) is 0 Å². The van der Waals surface area contributed by atoms with Gasteiger partial charge in [-0.05, 0) is 60.9 Å². The number of fused-ring (bicyclic) bond motifs is 1. The van der Waals surface area contributed by atoms with Gasteiger partial charge in [0.15, 0.2) is 0 Å². The van der Waals surface area contributed by atoms with Crippen molar-refractivity contribution < 1.29 is 0 Å². The summed E-state index contributed by atoms with van der Waals surface area (Å²) in [5.74, 6) is 0. The lowest BCUT2D eigenvalue weighted by Crippen LogP contribution is -2.23. The van der Waals surface area contributed by atoms with Crippen LogP contribution in [-0.2, 0) is 19.3 Å². The maximum atomic E-state index is 3.65. The van der Waals surface area contributed by atoms with Gasteiger partial charge in [0.2, 0.25) is 0 Å². The minimum atomic E-state index is 0.421. The molecule has 0 saturated carbocycles. The molecule has 0 radical (unpaired) electrons. The van der Waals surface area contributed by atoms with Gasteiger partial charge in [0.25, 0.3) is 0 Å². The van der Waals surface area contributed by atoms with Crippen LogP contribution < -0.4 is 5.32 Å². The van der Waals surface area contributed by atoms with Crippen LogP contribution in [0.15, 0.2) is 48.5 Å². The summed E-state index contributed by atoms with van der Waals surface area (Å²) in [7, 11) is 0. The van der Waals surface area contributed by atoms with E-state index in [4.69, 9.17) is 0 Å². The van der Waals surface area contributed by atoms with Gasteiger partial charge < -0.3 is 5.32 Å². The van der Waals surface area contributed by atoms with E-state index < -0.39 is 0 Å². The molecule has 1 aliphatic rings. The van der Waals surface area contributed by atoms with E-state index in [2.05, 4.69) is 60.8 Å². The average molecular weight is 279 g/mol. The number of likely N-dealkylation sites (N-methyl/N-ethyl adjacent to an activating group) is 1. The largest absolute Gasteiger partial charge is 0.310 e. The van der Waals surface area contributed by atoms with Crippen molar-refractivity contribution in [3.8, 4) is 0 Å². The van der Waals surface area contributed by atoms with Crippen molar-refractivity contribution in [2.75, 3.05) is 6.54 Å². The molecule has 110 valence electrons. The summed E-state index contributed by atoms with van der Waals surface area (Å²) in [5.41, 5.74) is 6.00. The molecule has 3 rings (SSSR count). The van der Waals surface area contributed by atoms with E-state index in [-0.39, 0.29) is 0 Å². The van der Waals surface area contributed by atoms with Crippen molar-refractivity contribution in [3.63, 3.8) is 0 Å². The summed E-state index contributed by atoms with van der Waals surface area (Å²) in [6, 6.07) is 18.4. The zero-order chi connectivity index (χ0) is 14.5. The molecular formula is C20H25N. The first-order valence-corrected chi connectivity index (χ1v) is 8.26. The predicted octanol–water partition coefficient (Wildman–Crippen LogP) is 4.46. The molecule has 21 heavy (non-hydrogen) atoms. The van der Waals surface area contributed by atoms with Crippen LogP contribution in [0.25, 0.3) is 0 Å². The molecule has 0 heterocycles. The minimum absolute atomic E-state index is 0.421. The van der Waals surface area contributed by atoms with E-state index in [1.54, 1.807) is 11.1 Å². The quantitative estimate of drug-likeness (QED) is 0.852. The zero-order valence-electron chi connectivity index (χ0n) is 12.9. The Kier molecular flexibility index (Phi) is 4.72. The van der Waals surface area contributed by atoms with E-state index >= 15 is 0 Å². The molecule has 1 aliphatic carbocycles. The van der Waals surface area contributed by atoms with Gasteiger partial charge in [0, 0.05) is 6.04 Å². The van der Waals surface area contributed by atoms with Crippen molar-refractivity contribution >= 4 is 0 Å². The fraction of sp³-hybridized carbons (Fsp3) is 0.400. The lowest BCUT2D eigenvalue weighted by atomic mass is 9.88. The number of nitrogens with one attached hydrogen (secondary N) is 1. The standard InChI is InChI=1S/C20H25N/c1-2-21-20(14-16-8-4-3-5-9-16)19-13-12-17-10-6-7-11-18(17)15-19/h3-5,8-9,12-13,15,20-21H,2,6-7,10-11,14H2,1H3. The van der Waals surface area contributed by atoms with E-state index in [0.717, 1.165) is 13.0 Å². The fourth-order valence-electron chi connectivity index (χ4n) is 3.37. The van der Waals surface area contributed by atoms with Gasteiger partial charge in [-0.25, -0.2) is 0 Å². The minimum Gasteiger partial charge on any atom is -0.310 e. The second-order valence-electron chi connectivity index (χ2n) is 6.04. The summed E-state index contributed by atoms with van der Waals surface area (Å²) in [4.78, 5) is 0. The molecule has 1 heteroatoms. The number of aryl methyl sites for hydroxylation is 2. The highest BCUT2D eigenvalue weighted by Crippen LogP contribution is 2.26. The Labute approximate surface area is 128 Å². The molecule has 0 saturated heterocycles. The van der Waals surface area contributed by atoms with Crippen LogP contribution in [0.1, 0.15) is 48.1 Å². The molecule has 1 atom stereocenters. The Balaban J connectivity index is 1.83. The summed E-state index contributed by atoms with van der Waals surface area (Å²) >= 11 is 0. The Bertz CT molecular complexity index is 574. The average Bonchev–Trinajstić information content (AvgIpc) is 2.55. The fourth-order valence-corrected chi connectivity index (χ4v) is 3.37. The van der Waals surface area contributed by atoms with Gasteiger partial charge in [-0.2, -0.15) is 0 Å². The maximum Gasteiger partial charge on any atom is 0.0360 e. The van der Waals surface area contributed by atoms with Gasteiger partial charge in [0.05, 0.1) is 0 Å². The van der Waals surface area contributed by atoms with Crippen LogP contribution in [0.3, 0.4) is 0 Å². The molecule has 1 N–H and O–H groups in total. The molecule has 0 bridgehead atoms. The van der Waals surface area contributed by atoms with Gasteiger partial charge in [-0.15, -0.1) is 0 Å². The highest BCUT2D eigenvalue weighted by Gasteiger charge is 2.15. The molecule has 0 aliphatic heterocycles. The number of rotatable bonds is 5. The Morgan fingerprint density at radius 2 is 1.71 bits per heavy atom. The van der Waals surface area contributed by atoms with E-state index in [1.165, 1.54) is 36.8 Å². The molecule has 2 aromatic carbocycles. The van der Waals surface area contributed by atoms with Crippen molar-refractivity contribution in [3.05, 3.63) is 70.8 Å². The van der Waals surface area contributed by atoms with Gasteiger partial charge in [-0.3, -0.25) is 0 Å². The number of benzene rings is 2. The summed E-state index contributed by atoms with van der Waals surface area (Å²) in [5, 5.41) is 3.65. The van der Waals surface area contributed by atoms with Gasteiger partial charge >= 0.3 is 0 Å².